The minimum atomic E-state index is 0.224. The van der Waals surface area contributed by atoms with Crippen molar-refractivity contribution in [1.29, 1.82) is 0 Å². The van der Waals surface area contributed by atoms with Gasteiger partial charge in [-0.25, -0.2) is 9.97 Å². The maximum absolute atomic E-state index is 5.63. The molecule has 0 radical (unpaired) electrons. The molecule has 1 N–H and O–H groups in total. The van der Waals surface area contributed by atoms with E-state index in [2.05, 4.69) is 49.1 Å². The number of halogens is 1. The van der Waals surface area contributed by atoms with E-state index in [-0.39, 0.29) is 6.04 Å². The Kier molecular flexibility index (Phi) is 5.02. The molecule has 2 aromatic heterocycles. The molecule has 6 heteroatoms. The van der Waals surface area contributed by atoms with Gasteiger partial charge >= 0.3 is 0 Å². The van der Waals surface area contributed by atoms with Crippen molar-refractivity contribution < 1.29 is 4.42 Å². The van der Waals surface area contributed by atoms with Gasteiger partial charge in [0.05, 0.1) is 6.04 Å². The first-order valence-corrected chi connectivity index (χ1v) is 8.89. The summed E-state index contributed by atoms with van der Waals surface area (Å²) in [6, 6.07) is 6.76. The van der Waals surface area contributed by atoms with Crippen LogP contribution < -0.4 is 10.2 Å². The molecule has 0 unspecified atom stereocenters. The van der Waals surface area contributed by atoms with Gasteiger partial charge in [0.1, 0.15) is 17.4 Å². The van der Waals surface area contributed by atoms with E-state index >= 15 is 0 Å². The Morgan fingerprint density at radius 1 is 1.26 bits per heavy atom. The number of nitrogens with zero attached hydrogens (tertiary/aromatic N) is 3. The first-order valence-electron chi connectivity index (χ1n) is 8.10. The van der Waals surface area contributed by atoms with Gasteiger partial charge in [-0.2, -0.15) is 0 Å². The second-order valence-electron chi connectivity index (χ2n) is 6.21. The van der Waals surface area contributed by atoms with Gasteiger partial charge in [-0.15, -0.1) is 0 Å². The van der Waals surface area contributed by atoms with E-state index in [1.54, 1.807) is 0 Å². The summed E-state index contributed by atoms with van der Waals surface area (Å²) in [5.41, 5.74) is 1.03. The fourth-order valence-corrected chi connectivity index (χ4v) is 3.45. The summed E-state index contributed by atoms with van der Waals surface area (Å²) in [6.07, 6.45) is 2.21. The van der Waals surface area contributed by atoms with Gasteiger partial charge in [0, 0.05) is 30.9 Å². The Hall–Kier alpha value is -1.40. The summed E-state index contributed by atoms with van der Waals surface area (Å²) in [5.74, 6) is 2.87. The van der Waals surface area contributed by atoms with Crippen LogP contribution in [0, 0.1) is 13.8 Å². The zero-order valence-electron chi connectivity index (χ0n) is 13.8. The molecule has 124 valence electrons. The van der Waals surface area contributed by atoms with Gasteiger partial charge < -0.3 is 14.6 Å². The zero-order valence-corrected chi connectivity index (χ0v) is 15.4. The van der Waals surface area contributed by atoms with Crippen LogP contribution in [0.2, 0.25) is 0 Å². The molecule has 1 aliphatic heterocycles. The smallest absolute Gasteiger partial charge is 0.169 e. The highest BCUT2D eigenvalue weighted by Gasteiger charge is 2.23. The molecule has 0 aromatic carbocycles. The largest absolute Gasteiger partial charge is 0.453 e. The number of anilines is 1. The number of nitrogens with one attached hydrogen (secondary N) is 1. The van der Waals surface area contributed by atoms with Crippen molar-refractivity contribution in [3.63, 3.8) is 0 Å². The van der Waals surface area contributed by atoms with Crippen LogP contribution >= 0.6 is 15.9 Å². The van der Waals surface area contributed by atoms with Crippen molar-refractivity contribution in [1.82, 2.24) is 15.3 Å². The molecule has 0 saturated carbocycles. The van der Waals surface area contributed by atoms with Crippen LogP contribution in [-0.2, 0) is 0 Å². The monoisotopic (exact) mass is 378 g/mol. The van der Waals surface area contributed by atoms with Gasteiger partial charge in [-0.05, 0) is 61.7 Å². The van der Waals surface area contributed by atoms with E-state index in [1.807, 2.05) is 26.0 Å². The third-order valence-electron chi connectivity index (χ3n) is 4.28. The third kappa shape index (κ3) is 4.12. The van der Waals surface area contributed by atoms with Crippen molar-refractivity contribution in [3.8, 4) is 0 Å². The molecule has 0 amide bonds. The van der Waals surface area contributed by atoms with E-state index in [4.69, 9.17) is 4.42 Å². The molecule has 23 heavy (non-hydrogen) atoms. The summed E-state index contributed by atoms with van der Waals surface area (Å²) < 4.78 is 6.41. The summed E-state index contributed by atoms with van der Waals surface area (Å²) in [6.45, 7) is 8.16. The van der Waals surface area contributed by atoms with E-state index in [9.17, 15) is 0 Å². The number of aryl methyl sites for hydroxylation is 2. The molecule has 1 saturated heterocycles. The van der Waals surface area contributed by atoms with Crippen LogP contribution in [0.3, 0.4) is 0 Å². The Labute approximate surface area is 145 Å². The van der Waals surface area contributed by atoms with Crippen LogP contribution in [0.15, 0.2) is 27.3 Å². The maximum Gasteiger partial charge on any atom is 0.169 e. The molecule has 0 bridgehead atoms. The van der Waals surface area contributed by atoms with Crippen LogP contribution in [-0.4, -0.2) is 29.1 Å². The first-order chi connectivity index (χ1) is 11.0. The molecule has 0 spiro atoms. The molecular formula is C17H23BrN4O. The number of aromatic nitrogens is 2. The lowest BCUT2D eigenvalue weighted by molar-refractivity contribution is 0.343. The molecular weight excluding hydrogens is 356 g/mol. The zero-order chi connectivity index (χ0) is 16.4. The molecule has 1 atom stereocenters. The second-order valence-corrected chi connectivity index (χ2v) is 6.99. The van der Waals surface area contributed by atoms with Gasteiger partial charge in [0.2, 0.25) is 0 Å². The van der Waals surface area contributed by atoms with Crippen molar-refractivity contribution in [3.05, 3.63) is 40.1 Å². The van der Waals surface area contributed by atoms with E-state index in [1.165, 1.54) is 0 Å². The molecule has 0 aliphatic carbocycles. The number of hydrogen-bond acceptors (Lipinski definition) is 5. The Balaban J connectivity index is 1.56. The van der Waals surface area contributed by atoms with Gasteiger partial charge in [-0.3, -0.25) is 0 Å². The average Bonchev–Trinajstić information content (AvgIpc) is 2.94. The van der Waals surface area contributed by atoms with Gasteiger partial charge in [0.25, 0.3) is 0 Å². The number of hydrogen-bond donors (Lipinski definition) is 1. The molecule has 1 fully saturated rings. The molecule has 5 nitrogen and oxygen atoms in total. The van der Waals surface area contributed by atoms with Crippen LogP contribution in [0.25, 0.3) is 0 Å². The van der Waals surface area contributed by atoms with Gasteiger partial charge in [0.15, 0.2) is 4.67 Å². The highest BCUT2D eigenvalue weighted by atomic mass is 79.9. The Bertz CT molecular complexity index is 644. The van der Waals surface area contributed by atoms with Crippen molar-refractivity contribution in [2.45, 2.75) is 45.7 Å². The number of furan rings is 1. The summed E-state index contributed by atoms with van der Waals surface area (Å²) in [5, 5.41) is 3.67. The van der Waals surface area contributed by atoms with Crippen molar-refractivity contribution in [2.24, 2.45) is 0 Å². The first kappa shape index (κ1) is 16.5. The average molecular weight is 379 g/mol. The Morgan fingerprint density at radius 2 is 2.00 bits per heavy atom. The Morgan fingerprint density at radius 3 is 2.61 bits per heavy atom. The number of rotatable bonds is 4. The highest BCUT2D eigenvalue weighted by molar-refractivity contribution is 9.10. The standard InChI is InChI=1S/C17H23BrN4O/c1-11-10-17(21-13(3)19-11)22-8-6-14(7-9-22)20-12(2)15-4-5-16(18)23-15/h4-5,10,12,14,20H,6-9H2,1-3H3/t12-/m1/s1. The topological polar surface area (TPSA) is 54.2 Å². The van der Waals surface area contributed by atoms with Crippen molar-refractivity contribution in [2.75, 3.05) is 18.0 Å². The highest BCUT2D eigenvalue weighted by Crippen LogP contribution is 2.23. The van der Waals surface area contributed by atoms with Crippen molar-refractivity contribution >= 4 is 21.7 Å². The summed E-state index contributed by atoms with van der Waals surface area (Å²) in [4.78, 5) is 11.3. The minimum Gasteiger partial charge on any atom is -0.453 e. The van der Waals surface area contributed by atoms with E-state index in [0.29, 0.717) is 6.04 Å². The second kappa shape index (κ2) is 7.01. The van der Waals surface area contributed by atoms with E-state index < -0.39 is 0 Å². The summed E-state index contributed by atoms with van der Waals surface area (Å²) in [7, 11) is 0. The van der Waals surface area contributed by atoms with Crippen LogP contribution in [0.4, 0.5) is 5.82 Å². The quantitative estimate of drug-likeness (QED) is 0.877. The van der Waals surface area contributed by atoms with Crippen LogP contribution in [0.5, 0.6) is 0 Å². The third-order valence-corrected chi connectivity index (χ3v) is 4.70. The van der Waals surface area contributed by atoms with Gasteiger partial charge in [-0.1, -0.05) is 0 Å². The lowest BCUT2D eigenvalue weighted by Crippen LogP contribution is -2.43. The lowest BCUT2D eigenvalue weighted by Gasteiger charge is -2.34. The molecule has 3 rings (SSSR count). The number of piperidine rings is 1. The summed E-state index contributed by atoms with van der Waals surface area (Å²) >= 11 is 3.36. The molecule has 3 heterocycles. The maximum atomic E-state index is 5.63. The van der Waals surface area contributed by atoms with Crippen LogP contribution in [0.1, 0.15) is 43.1 Å². The predicted molar refractivity (Wildman–Crippen MR) is 94.7 cm³/mol. The molecule has 1 aliphatic rings. The predicted octanol–water partition coefficient (Wildman–Crippen LogP) is 3.77. The molecule has 2 aromatic rings. The normalized spacial score (nSPS) is 17.5. The SMILES string of the molecule is Cc1cc(N2CCC(N[C@H](C)c3ccc(Br)o3)CC2)nc(C)n1. The lowest BCUT2D eigenvalue weighted by atomic mass is 10.0. The van der Waals surface area contributed by atoms with E-state index in [0.717, 1.165) is 53.7 Å². The fourth-order valence-electron chi connectivity index (χ4n) is 3.13. The fraction of sp³-hybridized carbons (Fsp3) is 0.529. The minimum absolute atomic E-state index is 0.224.